The molecule has 1 atom stereocenters. The van der Waals surface area contributed by atoms with Crippen LogP contribution in [-0.4, -0.2) is 6.04 Å². The molecule has 21 heavy (non-hydrogen) atoms. The summed E-state index contributed by atoms with van der Waals surface area (Å²) in [6, 6.07) is 12.4. The highest BCUT2D eigenvalue weighted by Gasteiger charge is 2.08. The average molecular weight is 413 g/mol. The molecule has 0 heterocycles. The van der Waals surface area contributed by atoms with E-state index < -0.39 is 0 Å². The summed E-state index contributed by atoms with van der Waals surface area (Å²) in [5.74, 6) is 1.60. The molecule has 0 saturated carbocycles. The van der Waals surface area contributed by atoms with Crippen LogP contribution in [0.25, 0.3) is 0 Å². The lowest BCUT2D eigenvalue weighted by Gasteiger charge is -2.13. The molecule has 4 heteroatoms. The molecule has 0 spiro atoms. The van der Waals surface area contributed by atoms with Gasteiger partial charge in [0.1, 0.15) is 11.5 Å². The Morgan fingerprint density at radius 3 is 2.24 bits per heavy atom. The third-order valence-electron chi connectivity index (χ3n) is 3.33. The fourth-order valence-electron chi connectivity index (χ4n) is 2.01. The number of halogens is 2. The molecule has 0 saturated heterocycles. The normalized spacial score (nSPS) is 12.2. The van der Waals surface area contributed by atoms with Gasteiger partial charge in [0, 0.05) is 6.04 Å². The van der Waals surface area contributed by atoms with Crippen molar-refractivity contribution in [2.45, 2.75) is 32.7 Å². The topological polar surface area (TPSA) is 35.2 Å². The summed E-state index contributed by atoms with van der Waals surface area (Å²) in [5, 5.41) is 0. The second-order valence-corrected chi connectivity index (χ2v) is 6.88. The monoisotopic (exact) mass is 411 g/mol. The molecule has 112 valence electrons. The summed E-state index contributed by atoms with van der Waals surface area (Å²) in [6.07, 6.45) is 1.86. The fourth-order valence-corrected chi connectivity index (χ4v) is 3.09. The predicted octanol–water partition coefficient (Wildman–Crippen LogP) is 5.59. The lowest BCUT2D eigenvalue weighted by molar-refractivity contribution is 0.476. The molecule has 0 aromatic heterocycles. The molecule has 0 bridgehead atoms. The first-order valence-electron chi connectivity index (χ1n) is 6.97. The first-order valence-corrected chi connectivity index (χ1v) is 8.56. The highest BCUT2D eigenvalue weighted by Crippen LogP contribution is 2.34. The number of benzene rings is 2. The van der Waals surface area contributed by atoms with Crippen LogP contribution in [0.2, 0.25) is 0 Å². The fraction of sp³-hybridized carbons (Fsp3) is 0.294. The van der Waals surface area contributed by atoms with Crippen molar-refractivity contribution in [1.29, 1.82) is 0 Å². The average Bonchev–Trinajstić information content (AvgIpc) is 2.44. The minimum Gasteiger partial charge on any atom is -0.455 e. The molecular weight excluding hydrogens is 394 g/mol. The lowest BCUT2D eigenvalue weighted by Crippen LogP contribution is -2.21. The van der Waals surface area contributed by atoms with E-state index in [1.165, 1.54) is 11.1 Å². The summed E-state index contributed by atoms with van der Waals surface area (Å²) >= 11 is 7.10. The Labute approximate surface area is 143 Å². The molecule has 0 fully saturated rings. The smallest absolute Gasteiger partial charge is 0.141 e. The number of aryl methyl sites for hydroxylation is 1. The van der Waals surface area contributed by atoms with Gasteiger partial charge in [-0.3, -0.25) is 0 Å². The zero-order chi connectivity index (χ0) is 15.4. The van der Waals surface area contributed by atoms with Crippen LogP contribution < -0.4 is 10.5 Å². The van der Waals surface area contributed by atoms with E-state index in [9.17, 15) is 0 Å². The maximum atomic E-state index is 6.00. The van der Waals surface area contributed by atoms with Crippen LogP contribution in [0.5, 0.6) is 11.5 Å². The quantitative estimate of drug-likeness (QED) is 0.694. The minimum absolute atomic E-state index is 0.204. The van der Waals surface area contributed by atoms with Gasteiger partial charge in [-0.2, -0.15) is 0 Å². The largest absolute Gasteiger partial charge is 0.455 e. The zero-order valence-corrected chi connectivity index (χ0v) is 15.4. The van der Waals surface area contributed by atoms with Crippen molar-refractivity contribution < 1.29 is 4.74 Å². The van der Waals surface area contributed by atoms with Gasteiger partial charge in [0.05, 0.1) is 8.95 Å². The Kier molecular flexibility index (Phi) is 5.85. The zero-order valence-electron chi connectivity index (χ0n) is 12.2. The second-order valence-electron chi connectivity index (χ2n) is 5.17. The molecule has 2 aromatic carbocycles. The van der Waals surface area contributed by atoms with Crippen molar-refractivity contribution in [3.63, 3.8) is 0 Å². The van der Waals surface area contributed by atoms with Gasteiger partial charge in [-0.05, 0) is 87.0 Å². The third-order valence-corrected chi connectivity index (χ3v) is 4.57. The number of hydrogen-bond acceptors (Lipinski definition) is 2. The van der Waals surface area contributed by atoms with Crippen LogP contribution in [0, 0.1) is 6.92 Å². The van der Waals surface area contributed by atoms with E-state index in [0.717, 1.165) is 33.3 Å². The predicted molar refractivity (Wildman–Crippen MR) is 95.1 cm³/mol. The number of ether oxygens (including phenoxy) is 1. The molecule has 1 unspecified atom stereocenters. The third kappa shape index (κ3) is 4.56. The molecule has 2 N–H and O–H groups in total. The first kappa shape index (κ1) is 16.5. The Morgan fingerprint density at radius 1 is 1.05 bits per heavy atom. The lowest BCUT2D eigenvalue weighted by atomic mass is 10.0. The van der Waals surface area contributed by atoms with Crippen molar-refractivity contribution >= 4 is 31.9 Å². The summed E-state index contributed by atoms with van der Waals surface area (Å²) in [7, 11) is 0. The SMILES string of the molecule is CCC(N)Cc1ccc(Oc2ccc(C)cc2Br)c(Br)c1. The van der Waals surface area contributed by atoms with Gasteiger partial charge in [0.25, 0.3) is 0 Å². The molecule has 0 aliphatic rings. The van der Waals surface area contributed by atoms with Gasteiger partial charge in [-0.15, -0.1) is 0 Å². The highest BCUT2D eigenvalue weighted by molar-refractivity contribution is 9.11. The summed E-state index contributed by atoms with van der Waals surface area (Å²) in [5.41, 5.74) is 8.40. The highest BCUT2D eigenvalue weighted by atomic mass is 79.9. The number of nitrogens with two attached hydrogens (primary N) is 1. The summed E-state index contributed by atoms with van der Waals surface area (Å²) < 4.78 is 7.85. The van der Waals surface area contributed by atoms with E-state index in [1.54, 1.807) is 0 Å². The van der Waals surface area contributed by atoms with E-state index in [4.69, 9.17) is 10.5 Å². The van der Waals surface area contributed by atoms with Gasteiger partial charge >= 0.3 is 0 Å². The Balaban J connectivity index is 2.17. The molecular formula is C17H19Br2NO. The van der Waals surface area contributed by atoms with Crippen molar-refractivity contribution in [3.05, 3.63) is 56.5 Å². The van der Waals surface area contributed by atoms with Crippen LogP contribution in [0.4, 0.5) is 0 Å². The molecule has 0 aliphatic heterocycles. The van der Waals surface area contributed by atoms with Gasteiger partial charge in [0.15, 0.2) is 0 Å². The first-order chi connectivity index (χ1) is 9.99. The molecule has 0 amide bonds. The maximum absolute atomic E-state index is 6.00. The molecule has 2 aromatic rings. The minimum atomic E-state index is 0.204. The van der Waals surface area contributed by atoms with Gasteiger partial charge < -0.3 is 10.5 Å². The van der Waals surface area contributed by atoms with Crippen LogP contribution in [-0.2, 0) is 6.42 Å². The second kappa shape index (κ2) is 7.43. The molecule has 0 radical (unpaired) electrons. The van der Waals surface area contributed by atoms with Crippen LogP contribution in [0.3, 0.4) is 0 Å². The summed E-state index contributed by atoms with van der Waals surface area (Å²) in [6.45, 7) is 4.16. The van der Waals surface area contributed by atoms with Gasteiger partial charge in [-0.25, -0.2) is 0 Å². The van der Waals surface area contributed by atoms with Crippen molar-refractivity contribution in [3.8, 4) is 11.5 Å². The van der Waals surface area contributed by atoms with Crippen LogP contribution >= 0.6 is 31.9 Å². The van der Waals surface area contributed by atoms with E-state index in [2.05, 4.69) is 57.8 Å². The molecule has 2 rings (SSSR count). The molecule has 0 aliphatic carbocycles. The standard InChI is InChI=1S/C17H19Br2NO/c1-3-13(20)9-12-5-7-17(15(19)10-12)21-16-6-4-11(2)8-14(16)18/h4-8,10,13H,3,9,20H2,1-2H3. The van der Waals surface area contributed by atoms with Gasteiger partial charge in [-0.1, -0.05) is 19.1 Å². The van der Waals surface area contributed by atoms with Crippen LogP contribution in [0.15, 0.2) is 45.3 Å². The van der Waals surface area contributed by atoms with Crippen molar-refractivity contribution in [2.24, 2.45) is 5.73 Å². The van der Waals surface area contributed by atoms with Crippen molar-refractivity contribution in [1.82, 2.24) is 0 Å². The number of hydrogen-bond donors (Lipinski definition) is 1. The Hall–Kier alpha value is -0.840. The number of rotatable bonds is 5. The van der Waals surface area contributed by atoms with E-state index in [-0.39, 0.29) is 6.04 Å². The molecule has 2 nitrogen and oxygen atoms in total. The Morgan fingerprint density at radius 2 is 1.67 bits per heavy atom. The van der Waals surface area contributed by atoms with Gasteiger partial charge in [0.2, 0.25) is 0 Å². The van der Waals surface area contributed by atoms with E-state index >= 15 is 0 Å². The van der Waals surface area contributed by atoms with E-state index in [1.807, 2.05) is 24.3 Å². The maximum Gasteiger partial charge on any atom is 0.141 e. The Bertz CT molecular complexity index is 628. The van der Waals surface area contributed by atoms with E-state index in [0.29, 0.717) is 0 Å². The van der Waals surface area contributed by atoms with Crippen LogP contribution in [0.1, 0.15) is 24.5 Å². The summed E-state index contributed by atoms with van der Waals surface area (Å²) in [4.78, 5) is 0. The van der Waals surface area contributed by atoms with Crippen molar-refractivity contribution in [2.75, 3.05) is 0 Å².